The molecule has 1 amide bonds. The smallest absolute Gasteiger partial charge is 0.294 e. The van der Waals surface area contributed by atoms with Crippen LogP contribution in [-0.2, 0) is 0 Å². The Bertz CT molecular complexity index is 698. The molecule has 0 fully saturated rings. The van der Waals surface area contributed by atoms with Crippen molar-refractivity contribution in [2.75, 3.05) is 11.9 Å². The van der Waals surface area contributed by atoms with Gasteiger partial charge in [0.2, 0.25) is 5.76 Å². The molecule has 2 N–H and O–H groups in total. The molecule has 0 saturated heterocycles. The molecule has 1 aromatic heterocycles. The molecule has 0 saturated carbocycles. The van der Waals surface area contributed by atoms with Crippen molar-refractivity contribution in [3.05, 3.63) is 47.1 Å². The first-order chi connectivity index (χ1) is 9.61. The number of carbonyl (C=O) groups is 1. The molecule has 0 aliphatic carbocycles. The van der Waals surface area contributed by atoms with E-state index in [0.29, 0.717) is 11.1 Å². The first-order valence-corrected chi connectivity index (χ1v) is 5.73. The van der Waals surface area contributed by atoms with E-state index in [9.17, 15) is 9.18 Å². The zero-order valence-electron chi connectivity index (χ0n) is 10.6. The molecule has 0 aliphatic rings. The summed E-state index contributed by atoms with van der Waals surface area (Å²) < 4.78 is 18.6. The van der Waals surface area contributed by atoms with E-state index < -0.39 is 11.7 Å². The van der Waals surface area contributed by atoms with Crippen molar-refractivity contribution < 1.29 is 18.8 Å². The van der Waals surface area contributed by atoms with Crippen LogP contribution in [0.1, 0.15) is 21.7 Å². The highest BCUT2D eigenvalue weighted by Crippen LogP contribution is 2.17. The minimum absolute atomic E-state index is 0.0142. The normalized spacial score (nSPS) is 9.75. The molecule has 0 radical (unpaired) electrons. The highest BCUT2D eigenvalue weighted by molar-refractivity contribution is 6.03. The van der Waals surface area contributed by atoms with Gasteiger partial charge in [0.1, 0.15) is 12.4 Å². The SMILES string of the molecule is Cc1cnoc1C(=O)Nc1ccc(C#CCO)cc1F. The summed E-state index contributed by atoms with van der Waals surface area (Å²) in [5.74, 6) is 3.82. The molecule has 1 aromatic carbocycles. The molecule has 5 nitrogen and oxygen atoms in total. The van der Waals surface area contributed by atoms with Crippen molar-refractivity contribution in [1.29, 1.82) is 0 Å². The second-order valence-corrected chi connectivity index (χ2v) is 3.95. The molecule has 0 spiro atoms. The van der Waals surface area contributed by atoms with Gasteiger partial charge in [0, 0.05) is 11.1 Å². The molecular formula is C14H11FN2O3. The number of aliphatic hydroxyl groups excluding tert-OH is 1. The van der Waals surface area contributed by atoms with Crippen molar-refractivity contribution in [3.8, 4) is 11.8 Å². The summed E-state index contributed by atoms with van der Waals surface area (Å²) in [5, 5.41) is 14.4. The van der Waals surface area contributed by atoms with Gasteiger partial charge in [0.25, 0.3) is 5.91 Å². The number of aromatic nitrogens is 1. The molecule has 1 heterocycles. The van der Waals surface area contributed by atoms with Crippen LogP contribution in [0, 0.1) is 24.6 Å². The Labute approximate surface area is 114 Å². The molecule has 102 valence electrons. The van der Waals surface area contributed by atoms with E-state index in [1.54, 1.807) is 6.92 Å². The van der Waals surface area contributed by atoms with E-state index in [1.165, 1.54) is 24.4 Å². The molecule has 6 heteroatoms. The van der Waals surface area contributed by atoms with Gasteiger partial charge in [-0.05, 0) is 25.1 Å². The molecule has 0 aliphatic heterocycles. The summed E-state index contributed by atoms with van der Waals surface area (Å²) in [6, 6.07) is 4.10. The van der Waals surface area contributed by atoms with Crippen LogP contribution in [0.4, 0.5) is 10.1 Å². The maximum absolute atomic E-state index is 13.8. The number of aliphatic hydroxyl groups is 1. The summed E-state index contributed by atoms with van der Waals surface area (Å²) in [4.78, 5) is 11.8. The summed E-state index contributed by atoms with van der Waals surface area (Å²) in [6.45, 7) is 1.36. The van der Waals surface area contributed by atoms with Gasteiger partial charge < -0.3 is 14.9 Å². The molecule has 20 heavy (non-hydrogen) atoms. The predicted molar refractivity (Wildman–Crippen MR) is 69.6 cm³/mol. The summed E-state index contributed by atoms with van der Waals surface area (Å²) >= 11 is 0. The minimum Gasteiger partial charge on any atom is -0.384 e. The highest BCUT2D eigenvalue weighted by Gasteiger charge is 2.15. The van der Waals surface area contributed by atoms with E-state index >= 15 is 0 Å². The van der Waals surface area contributed by atoms with Crippen LogP contribution >= 0.6 is 0 Å². The number of amides is 1. The average molecular weight is 274 g/mol. The maximum atomic E-state index is 13.8. The van der Waals surface area contributed by atoms with Gasteiger partial charge in [-0.25, -0.2) is 4.39 Å². The average Bonchev–Trinajstić information content (AvgIpc) is 2.85. The third-order valence-corrected chi connectivity index (χ3v) is 2.48. The van der Waals surface area contributed by atoms with Crippen LogP contribution in [0.3, 0.4) is 0 Å². The van der Waals surface area contributed by atoms with Crippen molar-refractivity contribution in [3.63, 3.8) is 0 Å². The van der Waals surface area contributed by atoms with E-state index in [2.05, 4.69) is 22.3 Å². The van der Waals surface area contributed by atoms with Crippen molar-refractivity contribution in [2.45, 2.75) is 6.92 Å². The van der Waals surface area contributed by atoms with Crippen LogP contribution in [0.15, 0.2) is 28.9 Å². The zero-order valence-corrected chi connectivity index (χ0v) is 10.6. The van der Waals surface area contributed by atoms with E-state index in [4.69, 9.17) is 9.63 Å². The largest absolute Gasteiger partial charge is 0.384 e. The Balaban J connectivity index is 2.18. The highest BCUT2D eigenvalue weighted by atomic mass is 19.1. The van der Waals surface area contributed by atoms with E-state index in [1.807, 2.05) is 0 Å². The van der Waals surface area contributed by atoms with Crippen LogP contribution in [0.2, 0.25) is 0 Å². The fraction of sp³-hybridized carbons (Fsp3) is 0.143. The van der Waals surface area contributed by atoms with Crippen molar-refractivity contribution in [2.24, 2.45) is 0 Å². The standard InChI is InChI=1S/C14H11FN2O3/c1-9-8-16-20-13(9)14(19)17-12-5-4-10(3-2-6-18)7-11(12)15/h4-5,7-8,18H,6H2,1H3,(H,17,19). The summed E-state index contributed by atoms with van der Waals surface area (Å²) in [5.41, 5.74) is 0.985. The number of aryl methyl sites for hydroxylation is 1. The van der Waals surface area contributed by atoms with Gasteiger partial charge >= 0.3 is 0 Å². The number of hydrogen-bond donors (Lipinski definition) is 2. The van der Waals surface area contributed by atoms with E-state index in [-0.39, 0.29) is 18.1 Å². The number of halogens is 1. The minimum atomic E-state index is -0.625. The third kappa shape index (κ3) is 3.02. The lowest BCUT2D eigenvalue weighted by atomic mass is 10.2. The monoisotopic (exact) mass is 274 g/mol. The first-order valence-electron chi connectivity index (χ1n) is 5.73. The quantitative estimate of drug-likeness (QED) is 0.818. The Kier molecular flexibility index (Phi) is 4.13. The molecule has 2 rings (SSSR count). The Morgan fingerprint density at radius 3 is 2.95 bits per heavy atom. The fourth-order valence-electron chi connectivity index (χ4n) is 1.52. The van der Waals surface area contributed by atoms with Gasteiger partial charge in [-0.15, -0.1) is 0 Å². The molecule has 0 atom stereocenters. The Morgan fingerprint density at radius 1 is 1.55 bits per heavy atom. The lowest BCUT2D eigenvalue weighted by Gasteiger charge is -2.05. The molecule has 0 unspecified atom stereocenters. The number of hydrogen-bond acceptors (Lipinski definition) is 4. The Morgan fingerprint density at radius 2 is 2.35 bits per heavy atom. The molecule has 0 bridgehead atoms. The van der Waals surface area contributed by atoms with Gasteiger partial charge in [0.15, 0.2) is 0 Å². The molecular weight excluding hydrogens is 263 g/mol. The second kappa shape index (κ2) is 5.99. The predicted octanol–water partition coefficient (Wildman–Crippen LogP) is 1.72. The zero-order chi connectivity index (χ0) is 14.5. The topological polar surface area (TPSA) is 75.4 Å². The number of carbonyl (C=O) groups excluding carboxylic acids is 1. The summed E-state index contributed by atoms with van der Waals surface area (Å²) in [7, 11) is 0. The van der Waals surface area contributed by atoms with Crippen molar-refractivity contribution in [1.82, 2.24) is 5.16 Å². The first kappa shape index (κ1) is 13.8. The summed E-state index contributed by atoms with van der Waals surface area (Å²) in [6.07, 6.45) is 1.40. The third-order valence-electron chi connectivity index (χ3n) is 2.48. The van der Waals surface area contributed by atoms with Gasteiger partial charge in [-0.3, -0.25) is 4.79 Å². The molecule has 2 aromatic rings. The fourth-order valence-corrected chi connectivity index (χ4v) is 1.52. The van der Waals surface area contributed by atoms with Crippen molar-refractivity contribution >= 4 is 11.6 Å². The Hall–Kier alpha value is -2.65. The number of anilines is 1. The van der Waals surface area contributed by atoms with Gasteiger partial charge in [0.05, 0.1) is 11.9 Å². The lowest BCUT2D eigenvalue weighted by molar-refractivity contribution is 0.0986. The lowest BCUT2D eigenvalue weighted by Crippen LogP contribution is -2.13. The van der Waals surface area contributed by atoms with E-state index in [0.717, 1.165) is 0 Å². The van der Waals surface area contributed by atoms with Gasteiger partial charge in [-0.2, -0.15) is 0 Å². The van der Waals surface area contributed by atoms with Crippen LogP contribution in [-0.4, -0.2) is 22.8 Å². The van der Waals surface area contributed by atoms with Crippen LogP contribution in [0.25, 0.3) is 0 Å². The number of nitrogens with zero attached hydrogens (tertiary/aromatic N) is 1. The number of rotatable bonds is 2. The van der Waals surface area contributed by atoms with Gasteiger partial charge in [-0.1, -0.05) is 17.0 Å². The number of nitrogens with one attached hydrogen (secondary N) is 1. The number of benzene rings is 1. The van der Waals surface area contributed by atoms with Crippen LogP contribution < -0.4 is 5.32 Å². The maximum Gasteiger partial charge on any atom is 0.294 e. The second-order valence-electron chi connectivity index (χ2n) is 3.95. The van der Waals surface area contributed by atoms with Crippen LogP contribution in [0.5, 0.6) is 0 Å².